The van der Waals surface area contributed by atoms with E-state index in [2.05, 4.69) is 16.0 Å². The first-order chi connectivity index (χ1) is 20.4. The molecule has 1 aliphatic heterocycles. The van der Waals surface area contributed by atoms with Gasteiger partial charge in [-0.3, -0.25) is 19.7 Å². The molecule has 0 spiro atoms. The third-order valence-corrected chi connectivity index (χ3v) is 7.38. The van der Waals surface area contributed by atoms with Crippen molar-refractivity contribution in [2.45, 2.75) is 70.2 Å². The van der Waals surface area contributed by atoms with Gasteiger partial charge in [-0.2, -0.15) is 0 Å². The fourth-order valence-electron chi connectivity index (χ4n) is 5.04. The molecule has 2 aromatic carbocycles. The fraction of sp³-hybridized carbons (Fsp3) is 0.531. The van der Waals surface area contributed by atoms with Crippen LogP contribution in [0.4, 0.5) is 0 Å². The highest BCUT2D eigenvalue weighted by atomic mass is 16.5. The van der Waals surface area contributed by atoms with E-state index >= 15 is 0 Å². The van der Waals surface area contributed by atoms with Crippen molar-refractivity contribution in [3.8, 4) is 5.75 Å². The third-order valence-electron chi connectivity index (χ3n) is 7.38. The molecule has 1 aliphatic rings. The van der Waals surface area contributed by atoms with E-state index in [-0.39, 0.29) is 44.4 Å². The molecule has 42 heavy (non-hydrogen) atoms. The first kappa shape index (κ1) is 33.0. The zero-order chi connectivity index (χ0) is 30.2. The number of benzene rings is 2. The quantitative estimate of drug-likeness (QED) is 0.209. The van der Waals surface area contributed by atoms with Gasteiger partial charge in [-0.25, -0.2) is 0 Å². The standard InChI is InChI=1S/C32H46N4O6/c1-3-42-31(39)23-34-27(15-16-30(38)36-17-8-5-9-18-36)32(40)35-28(20-24-11-6-4-7-12-24)29(37)22-33-21-25-13-10-14-26(19-25)41-2/h4,6-7,10-14,19,27-29,33-34,37H,3,5,8-9,15-18,20-23H2,1-2H3,(H,35,40)/t27-,28+,29-/m1/s1. The Balaban J connectivity index is 1.66. The lowest BCUT2D eigenvalue weighted by Gasteiger charge is -2.29. The van der Waals surface area contributed by atoms with Crippen LogP contribution < -0.4 is 20.7 Å². The molecule has 230 valence electrons. The second kappa shape index (κ2) is 18.1. The number of rotatable bonds is 17. The molecule has 2 aromatic rings. The third kappa shape index (κ3) is 11.4. The molecular formula is C32H46N4O6. The highest BCUT2D eigenvalue weighted by Crippen LogP contribution is 2.14. The molecule has 0 bridgehead atoms. The first-order valence-electron chi connectivity index (χ1n) is 14.9. The lowest BCUT2D eigenvalue weighted by molar-refractivity contribution is -0.142. The molecular weight excluding hydrogens is 536 g/mol. The van der Waals surface area contributed by atoms with Crippen molar-refractivity contribution in [1.82, 2.24) is 20.9 Å². The summed E-state index contributed by atoms with van der Waals surface area (Å²) >= 11 is 0. The number of piperidine rings is 1. The summed E-state index contributed by atoms with van der Waals surface area (Å²) in [5.74, 6) is -0.0870. The molecule has 1 fully saturated rings. The van der Waals surface area contributed by atoms with Gasteiger partial charge in [-0.1, -0.05) is 42.5 Å². The second-order valence-corrected chi connectivity index (χ2v) is 10.6. The van der Waals surface area contributed by atoms with E-state index in [9.17, 15) is 19.5 Å². The molecule has 0 unspecified atom stereocenters. The highest BCUT2D eigenvalue weighted by molar-refractivity contribution is 5.84. The van der Waals surface area contributed by atoms with E-state index < -0.39 is 24.2 Å². The average Bonchev–Trinajstić information content (AvgIpc) is 3.01. The number of methoxy groups -OCH3 is 1. The number of esters is 1. The number of carbonyl (C=O) groups is 3. The minimum absolute atomic E-state index is 0.00745. The number of nitrogens with one attached hydrogen (secondary N) is 3. The Morgan fingerprint density at radius 3 is 2.45 bits per heavy atom. The van der Waals surface area contributed by atoms with Crippen molar-refractivity contribution in [3.05, 3.63) is 65.7 Å². The van der Waals surface area contributed by atoms with Crippen LogP contribution in [0.1, 0.15) is 50.2 Å². The maximum atomic E-state index is 13.6. The molecule has 1 heterocycles. The van der Waals surface area contributed by atoms with Gasteiger partial charge in [-0.15, -0.1) is 0 Å². The molecule has 4 N–H and O–H groups in total. The van der Waals surface area contributed by atoms with Gasteiger partial charge in [0.05, 0.1) is 38.4 Å². The predicted octanol–water partition coefficient (Wildman–Crippen LogP) is 2.19. The summed E-state index contributed by atoms with van der Waals surface area (Å²) in [7, 11) is 1.62. The Bertz CT molecular complexity index is 1110. The van der Waals surface area contributed by atoms with Crippen LogP contribution in [0, 0.1) is 0 Å². The molecule has 0 radical (unpaired) electrons. The topological polar surface area (TPSA) is 129 Å². The Labute approximate surface area is 249 Å². The molecule has 3 rings (SSSR count). The average molecular weight is 583 g/mol. The lowest BCUT2D eigenvalue weighted by atomic mass is 9.99. The number of carbonyl (C=O) groups excluding carboxylic acids is 3. The largest absolute Gasteiger partial charge is 0.497 e. The summed E-state index contributed by atoms with van der Waals surface area (Å²) in [6.07, 6.45) is 3.01. The first-order valence-corrected chi connectivity index (χ1v) is 14.9. The minimum atomic E-state index is -0.902. The van der Waals surface area contributed by atoms with Crippen molar-refractivity contribution < 1.29 is 29.0 Å². The summed E-state index contributed by atoms with van der Waals surface area (Å²) in [5, 5.41) is 20.4. The number of aliphatic hydroxyl groups is 1. The molecule has 2 amide bonds. The zero-order valence-electron chi connectivity index (χ0n) is 24.8. The Morgan fingerprint density at radius 1 is 1.00 bits per heavy atom. The number of ether oxygens (including phenoxy) is 2. The van der Waals surface area contributed by atoms with Gasteiger partial charge in [-0.05, 0) is 62.3 Å². The van der Waals surface area contributed by atoms with Gasteiger partial charge in [0.25, 0.3) is 0 Å². The fourth-order valence-corrected chi connectivity index (χ4v) is 5.04. The number of amides is 2. The van der Waals surface area contributed by atoms with Crippen LogP contribution in [-0.2, 0) is 32.1 Å². The van der Waals surface area contributed by atoms with E-state index in [4.69, 9.17) is 9.47 Å². The second-order valence-electron chi connectivity index (χ2n) is 10.6. The smallest absolute Gasteiger partial charge is 0.319 e. The molecule has 0 saturated carbocycles. The van der Waals surface area contributed by atoms with Crippen LogP contribution in [0.2, 0.25) is 0 Å². The molecule has 10 nitrogen and oxygen atoms in total. The van der Waals surface area contributed by atoms with Gasteiger partial charge >= 0.3 is 5.97 Å². The Kier molecular flexibility index (Phi) is 14.3. The SMILES string of the molecule is CCOC(=O)CN[C@H](CCC(=O)N1CCCCC1)C(=O)N[C@@H](Cc1ccccc1)[C@H](O)CNCc1cccc(OC)c1. The van der Waals surface area contributed by atoms with E-state index in [1.54, 1.807) is 14.0 Å². The van der Waals surface area contributed by atoms with Gasteiger partial charge in [0.15, 0.2) is 0 Å². The lowest BCUT2D eigenvalue weighted by Crippen LogP contribution is -2.54. The van der Waals surface area contributed by atoms with Crippen LogP contribution in [0.25, 0.3) is 0 Å². The summed E-state index contributed by atoms with van der Waals surface area (Å²) in [5.41, 5.74) is 1.97. The molecule has 3 atom stereocenters. The summed E-state index contributed by atoms with van der Waals surface area (Å²) in [6.45, 7) is 4.03. The van der Waals surface area contributed by atoms with Crippen molar-refractivity contribution in [3.63, 3.8) is 0 Å². The van der Waals surface area contributed by atoms with Crippen molar-refractivity contribution in [2.24, 2.45) is 0 Å². The van der Waals surface area contributed by atoms with Gasteiger partial charge in [0.1, 0.15) is 5.75 Å². The predicted molar refractivity (Wildman–Crippen MR) is 161 cm³/mol. The summed E-state index contributed by atoms with van der Waals surface area (Å²) in [4.78, 5) is 40.3. The Hall–Kier alpha value is -3.47. The van der Waals surface area contributed by atoms with E-state index in [1.165, 1.54) is 0 Å². The molecule has 0 aromatic heterocycles. The molecule has 1 saturated heterocycles. The van der Waals surface area contributed by atoms with Crippen LogP contribution in [-0.4, -0.2) is 85.9 Å². The van der Waals surface area contributed by atoms with Gasteiger partial charge in [0.2, 0.25) is 11.8 Å². The number of likely N-dealkylation sites (tertiary alicyclic amines) is 1. The monoisotopic (exact) mass is 582 g/mol. The number of hydrogen-bond acceptors (Lipinski definition) is 8. The normalized spacial score (nSPS) is 15.4. The van der Waals surface area contributed by atoms with Crippen LogP contribution in [0.5, 0.6) is 5.75 Å². The zero-order valence-corrected chi connectivity index (χ0v) is 24.8. The van der Waals surface area contributed by atoms with Gasteiger partial charge in [0, 0.05) is 32.6 Å². The van der Waals surface area contributed by atoms with Crippen molar-refractivity contribution >= 4 is 17.8 Å². The summed E-state index contributed by atoms with van der Waals surface area (Å²) in [6, 6.07) is 15.9. The van der Waals surface area contributed by atoms with Crippen LogP contribution in [0.15, 0.2) is 54.6 Å². The minimum Gasteiger partial charge on any atom is -0.497 e. The summed E-state index contributed by atoms with van der Waals surface area (Å²) < 4.78 is 10.3. The number of aliphatic hydroxyl groups excluding tert-OH is 1. The Morgan fingerprint density at radius 2 is 1.74 bits per heavy atom. The highest BCUT2D eigenvalue weighted by Gasteiger charge is 2.28. The maximum Gasteiger partial charge on any atom is 0.319 e. The maximum absolute atomic E-state index is 13.6. The van der Waals surface area contributed by atoms with E-state index in [1.807, 2.05) is 59.5 Å². The van der Waals surface area contributed by atoms with Crippen molar-refractivity contribution in [2.75, 3.05) is 39.9 Å². The number of nitrogens with zero attached hydrogens (tertiary/aromatic N) is 1. The van der Waals surface area contributed by atoms with E-state index in [0.717, 1.165) is 49.2 Å². The van der Waals surface area contributed by atoms with Crippen molar-refractivity contribution in [1.29, 1.82) is 0 Å². The molecule has 10 heteroatoms. The van der Waals surface area contributed by atoms with Gasteiger partial charge < -0.3 is 30.1 Å². The number of hydrogen-bond donors (Lipinski definition) is 4. The molecule has 0 aliphatic carbocycles. The van der Waals surface area contributed by atoms with Crippen LogP contribution in [0.3, 0.4) is 0 Å². The van der Waals surface area contributed by atoms with E-state index in [0.29, 0.717) is 13.0 Å². The van der Waals surface area contributed by atoms with Crippen LogP contribution >= 0.6 is 0 Å².